The Morgan fingerprint density at radius 3 is 2.76 bits per heavy atom. The molecule has 5 nitrogen and oxygen atoms in total. The highest BCUT2D eigenvalue weighted by molar-refractivity contribution is 5.95. The number of hydrogen-bond acceptors (Lipinski definition) is 4. The number of nitrogens with two attached hydrogens (primary N) is 1. The normalized spacial score (nSPS) is 23.2. The summed E-state index contributed by atoms with van der Waals surface area (Å²) in [6.07, 6.45) is 8.47. The molecule has 21 heavy (non-hydrogen) atoms. The molecule has 1 heterocycles. The molecule has 0 radical (unpaired) electrons. The smallest absolute Gasteiger partial charge is 0.188 e. The molecule has 1 aliphatic rings. The number of nitrogens with one attached hydrogen (secondary N) is 1. The molecule has 0 aromatic carbocycles. The molecule has 0 atom stereocenters. The highest BCUT2D eigenvalue weighted by Crippen LogP contribution is 2.30. The Kier molecular flexibility index (Phi) is 5.99. The molecule has 1 saturated carbocycles. The maximum absolute atomic E-state index is 8.67. The highest BCUT2D eigenvalue weighted by Gasteiger charge is 2.19. The quantitative estimate of drug-likeness (QED) is 0.325. The lowest BCUT2D eigenvalue weighted by molar-refractivity contribution is 0.262. The molecule has 1 aliphatic carbocycles. The molecule has 5 heteroatoms. The number of hydrogen-bond donors (Lipinski definition) is 3. The van der Waals surface area contributed by atoms with Gasteiger partial charge in [-0.05, 0) is 48.9 Å². The van der Waals surface area contributed by atoms with E-state index in [0.717, 1.165) is 30.5 Å². The fourth-order valence-electron chi connectivity index (χ4n) is 3.04. The molecule has 1 fully saturated rings. The monoisotopic (exact) mass is 290 g/mol. The van der Waals surface area contributed by atoms with Gasteiger partial charge in [0, 0.05) is 12.7 Å². The van der Waals surface area contributed by atoms with Crippen LogP contribution in [0.3, 0.4) is 0 Å². The Hall–Kier alpha value is -1.62. The molecule has 0 saturated heterocycles. The Bertz CT molecular complexity index is 467. The van der Waals surface area contributed by atoms with Gasteiger partial charge in [-0.3, -0.25) is 4.98 Å². The van der Waals surface area contributed by atoms with E-state index in [1.807, 2.05) is 12.1 Å². The lowest BCUT2D eigenvalue weighted by Gasteiger charge is -2.27. The second-order valence-corrected chi connectivity index (χ2v) is 5.96. The average Bonchev–Trinajstić information content (AvgIpc) is 2.55. The van der Waals surface area contributed by atoms with Crippen LogP contribution in [0.4, 0.5) is 0 Å². The van der Waals surface area contributed by atoms with Gasteiger partial charge < -0.3 is 16.3 Å². The van der Waals surface area contributed by atoms with Crippen molar-refractivity contribution < 1.29 is 5.21 Å². The van der Waals surface area contributed by atoms with E-state index in [9.17, 15) is 0 Å². The molecule has 1 aromatic heterocycles. The molecule has 0 unspecified atom stereocenters. The van der Waals surface area contributed by atoms with Crippen LogP contribution in [0.15, 0.2) is 23.5 Å². The summed E-state index contributed by atoms with van der Waals surface area (Å²) in [4.78, 5) is 4.08. The predicted octanol–water partition coefficient (Wildman–Crippen LogP) is 2.48. The lowest BCUT2D eigenvalue weighted by Crippen LogP contribution is -2.26. The summed E-state index contributed by atoms with van der Waals surface area (Å²) in [7, 11) is 0. The van der Waals surface area contributed by atoms with Gasteiger partial charge >= 0.3 is 0 Å². The van der Waals surface area contributed by atoms with Gasteiger partial charge in [0.15, 0.2) is 5.84 Å². The zero-order valence-electron chi connectivity index (χ0n) is 12.8. The number of oxime groups is 1. The van der Waals surface area contributed by atoms with E-state index in [1.165, 1.54) is 32.1 Å². The first-order chi connectivity index (χ1) is 10.2. The van der Waals surface area contributed by atoms with Crippen LogP contribution < -0.4 is 11.1 Å². The van der Waals surface area contributed by atoms with Crippen molar-refractivity contribution in [3.05, 3.63) is 29.6 Å². The Morgan fingerprint density at radius 2 is 2.10 bits per heavy atom. The Morgan fingerprint density at radius 1 is 1.38 bits per heavy atom. The number of aromatic nitrogens is 1. The van der Waals surface area contributed by atoms with Gasteiger partial charge in [-0.25, -0.2) is 0 Å². The fourth-order valence-corrected chi connectivity index (χ4v) is 3.04. The van der Waals surface area contributed by atoms with Crippen LogP contribution in [0.5, 0.6) is 0 Å². The first-order valence-electron chi connectivity index (χ1n) is 7.86. The average molecular weight is 290 g/mol. The summed E-state index contributed by atoms with van der Waals surface area (Å²) in [5.74, 6) is 1.80. The second-order valence-electron chi connectivity index (χ2n) is 5.96. The number of nitrogens with zero attached hydrogens (tertiary/aromatic N) is 2. The number of pyridine rings is 1. The zero-order chi connectivity index (χ0) is 15.1. The van der Waals surface area contributed by atoms with Crippen LogP contribution in [0.2, 0.25) is 0 Å². The fraction of sp³-hybridized carbons (Fsp3) is 0.625. The van der Waals surface area contributed by atoms with E-state index in [-0.39, 0.29) is 5.84 Å². The van der Waals surface area contributed by atoms with E-state index < -0.39 is 0 Å². The first-order valence-corrected chi connectivity index (χ1v) is 7.86. The largest absolute Gasteiger partial charge is 0.409 e. The summed E-state index contributed by atoms with van der Waals surface area (Å²) < 4.78 is 0. The minimum absolute atomic E-state index is 0.0507. The van der Waals surface area contributed by atoms with Gasteiger partial charge in [-0.2, -0.15) is 0 Å². The SMILES string of the molecule is CCC1CCC(CNCc2ccnc(C(N)=NO)c2)CC1. The Balaban J connectivity index is 1.76. The minimum atomic E-state index is 0.0507. The van der Waals surface area contributed by atoms with E-state index in [4.69, 9.17) is 10.9 Å². The van der Waals surface area contributed by atoms with Crippen LogP contribution in [-0.4, -0.2) is 22.6 Å². The first kappa shape index (κ1) is 15.8. The number of amidine groups is 1. The van der Waals surface area contributed by atoms with Crippen molar-refractivity contribution in [1.82, 2.24) is 10.3 Å². The van der Waals surface area contributed by atoms with Crippen molar-refractivity contribution in [2.75, 3.05) is 6.54 Å². The van der Waals surface area contributed by atoms with Gasteiger partial charge in [0.25, 0.3) is 0 Å². The summed E-state index contributed by atoms with van der Waals surface area (Å²) in [5, 5.41) is 15.2. The van der Waals surface area contributed by atoms with Crippen LogP contribution in [0.1, 0.15) is 50.3 Å². The maximum Gasteiger partial charge on any atom is 0.188 e. The third kappa shape index (κ3) is 4.70. The van der Waals surface area contributed by atoms with Crippen LogP contribution in [0.25, 0.3) is 0 Å². The number of rotatable bonds is 6. The van der Waals surface area contributed by atoms with E-state index >= 15 is 0 Å². The molecule has 2 rings (SSSR count). The maximum atomic E-state index is 8.67. The molecule has 0 amide bonds. The van der Waals surface area contributed by atoms with E-state index in [1.54, 1.807) is 6.20 Å². The van der Waals surface area contributed by atoms with E-state index in [2.05, 4.69) is 22.4 Å². The van der Waals surface area contributed by atoms with Gasteiger partial charge in [-0.15, -0.1) is 0 Å². The van der Waals surface area contributed by atoms with Crippen LogP contribution >= 0.6 is 0 Å². The summed E-state index contributed by atoms with van der Waals surface area (Å²) in [6.45, 7) is 4.16. The Labute approximate surface area is 126 Å². The van der Waals surface area contributed by atoms with Crippen molar-refractivity contribution in [2.24, 2.45) is 22.7 Å². The third-order valence-corrected chi connectivity index (χ3v) is 4.50. The molecular weight excluding hydrogens is 264 g/mol. The van der Waals surface area contributed by atoms with Crippen LogP contribution in [-0.2, 0) is 6.54 Å². The summed E-state index contributed by atoms with van der Waals surface area (Å²) in [6, 6.07) is 3.81. The highest BCUT2D eigenvalue weighted by atomic mass is 16.4. The third-order valence-electron chi connectivity index (χ3n) is 4.50. The molecular formula is C16H26N4O. The van der Waals surface area contributed by atoms with Gasteiger partial charge in [-0.1, -0.05) is 31.3 Å². The summed E-state index contributed by atoms with van der Waals surface area (Å²) in [5.41, 5.74) is 7.17. The predicted molar refractivity (Wildman–Crippen MR) is 84.2 cm³/mol. The molecule has 0 aliphatic heterocycles. The molecule has 116 valence electrons. The van der Waals surface area contributed by atoms with Crippen LogP contribution in [0, 0.1) is 11.8 Å². The van der Waals surface area contributed by atoms with Crippen molar-refractivity contribution in [3.63, 3.8) is 0 Å². The molecule has 0 spiro atoms. The van der Waals surface area contributed by atoms with Crippen molar-refractivity contribution in [3.8, 4) is 0 Å². The van der Waals surface area contributed by atoms with Crippen molar-refractivity contribution in [2.45, 2.75) is 45.6 Å². The van der Waals surface area contributed by atoms with Crippen molar-refractivity contribution >= 4 is 5.84 Å². The topological polar surface area (TPSA) is 83.5 Å². The zero-order valence-corrected chi connectivity index (χ0v) is 12.8. The van der Waals surface area contributed by atoms with Gasteiger partial charge in [0.2, 0.25) is 0 Å². The molecule has 4 N–H and O–H groups in total. The van der Waals surface area contributed by atoms with Gasteiger partial charge in [0.1, 0.15) is 5.69 Å². The minimum Gasteiger partial charge on any atom is -0.409 e. The second kappa shape index (κ2) is 7.98. The van der Waals surface area contributed by atoms with Gasteiger partial charge in [0.05, 0.1) is 0 Å². The van der Waals surface area contributed by atoms with E-state index in [0.29, 0.717) is 5.69 Å². The molecule has 1 aromatic rings. The standard InChI is InChI=1S/C16H26N4O/c1-2-12-3-5-13(6-4-12)10-18-11-14-7-8-19-15(9-14)16(17)20-21/h7-9,12-13,18,21H,2-6,10-11H2,1H3,(H2,17,20). The lowest BCUT2D eigenvalue weighted by atomic mass is 9.81. The van der Waals surface area contributed by atoms with Crippen molar-refractivity contribution in [1.29, 1.82) is 0 Å². The summed E-state index contributed by atoms with van der Waals surface area (Å²) >= 11 is 0. The molecule has 0 bridgehead atoms.